The van der Waals surface area contributed by atoms with E-state index in [1.165, 1.54) is 0 Å². The molecule has 0 amide bonds. The first-order valence-corrected chi connectivity index (χ1v) is 7.44. The summed E-state index contributed by atoms with van der Waals surface area (Å²) in [6.07, 6.45) is 4.73. The van der Waals surface area contributed by atoms with Gasteiger partial charge >= 0.3 is 5.97 Å². The van der Waals surface area contributed by atoms with Crippen molar-refractivity contribution < 1.29 is 9.53 Å². The highest BCUT2D eigenvalue weighted by atomic mass is 16.5. The number of rotatable bonds is 7. The molecule has 0 atom stereocenters. The second kappa shape index (κ2) is 7.22. The van der Waals surface area contributed by atoms with Crippen molar-refractivity contribution in [2.45, 2.75) is 46.4 Å². The molecule has 0 saturated heterocycles. The lowest BCUT2D eigenvalue weighted by Crippen LogP contribution is -2.17. The van der Waals surface area contributed by atoms with Gasteiger partial charge in [0.1, 0.15) is 12.2 Å². The molecule has 0 spiro atoms. The highest BCUT2D eigenvalue weighted by molar-refractivity contribution is 5.82. The molecule has 5 nitrogen and oxygen atoms in total. The Morgan fingerprint density at radius 2 is 2.29 bits per heavy atom. The Labute approximate surface area is 125 Å². The van der Waals surface area contributed by atoms with Crippen LogP contribution >= 0.6 is 0 Å². The van der Waals surface area contributed by atoms with E-state index in [1.807, 2.05) is 36.7 Å². The third-order valence-electron chi connectivity index (χ3n) is 3.13. The van der Waals surface area contributed by atoms with Crippen LogP contribution in [0.15, 0.2) is 24.5 Å². The number of carbonyl (C=O) groups is 1. The van der Waals surface area contributed by atoms with E-state index in [4.69, 9.17) is 4.74 Å². The first kappa shape index (κ1) is 15.5. The maximum absolute atomic E-state index is 11.8. The normalized spacial score (nSPS) is 11.2. The fourth-order valence-corrected chi connectivity index (χ4v) is 2.30. The summed E-state index contributed by atoms with van der Waals surface area (Å²) in [6.45, 7) is 7.79. The minimum absolute atomic E-state index is 0.0991. The monoisotopic (exact) mass is 289 g/mol. The standard InChI is InChI=1S/C16H23N3O2/c1-4-7-17-9-13-10-19(11-15(20)21-12(2)3)16-14(13)6-5-8-18-16/h5-6,8,10,12,17H,4,7,9,11H2,1-3H3. The fourth-order valence-electron chi connectivity index (χ4n) is 2.30. The molecule has 0 aromatic carbocycles. The van der Waals surface area contributed by atoms with Gasteiger partial charge in [-0.15, -0.1) is 0 Å². The van der Waals surface area contributed by atoms with E-state index in [0.717, 1.165) is 36.1 Å². The van der Waals surface area contributed by atoms with Crippen molar-refractivity contribution in [2.24, 2.45) is 0 Å². The minimum atomic E-state index is -0.236. The van der Waals surface area contributed by atoms with Gasteiger partial charge in [0.15, 0.2) is 0 Å². The minimum Gasteiger partial charge on any atom is -0.462 e. The van der Waals surface area contributed by atoms with Gasteiger partial charge in [0.05, 0.1) is 6.10 Å². The average Bonchev–Trinajstić information content (AvgIpc) is 2.77. The van der Waals surface area contributed by atoms with E-state index in [-0.39, 0.29) is 18.6 Å². The van der Waals surface area contributed by atoms with Gasteiger partial charge in [0, 0.05) is 24.3 Å². The zero-order valence-corrected chi connectivity index (χ0v) is 12.9. The summed E-state index contributed by atoms with van der Waals surface area (Å²) in [5.41, 5.74) is 1.98. The average molecular weight is 289 g/mol. The highest BCUT2D eigenvalue weighted by Crippen LogP contribution is 2.19. The molecular formula is C16H23N3O2. The van der Waals surface area contributed by atoms with E-state index >= 15 is 0 Å². The Morgan fingerprint density at radius 1 is 1.48 bits per heavy atom. The van der Waals surface area contributed by atoms with Crippen LogP contribution in [0.3, 0.4) is 0 Å². The van der Waals surface area contributed by atoms with Crippen LogP contribution in [0.2, 0.25) is 0 Å². The highest BCUT2D eigenvalue weighted by Gasteiger charge is 2.13. The number of nitrogens with zero attached hydrogens (tertiary/aromatic N) is 2. The van der Waals surface area contributed by atoms with Crippen molar-refractivity contribution in [1.29, 1.82) is 0 Å². The zero-order chi connectivity index (χ0) is 15.2. The van der Waals surface area contributed by atoms with Crippen LogP contribution in [0, 0.1) is 0 Å². The number of hydrogen-bond acceptors (Lipinski definition) is 4. The Kier molecular flexibility index (Phi) is 5.33. The lowest BCUT2D eigenvalue weighted by Gasteiger charge is -2.08. The number of nitrogens with one attached hydrogen (secondary N) is 1. The predicted octanol–water partition coefficient (Wildman–Crippen LogP) is 2.49. The molecule has 0 aliphatic carbocycles. The van der Waals surface area contributed by atoms with E-state index < -0.39 is 0 Å². The Morgan fingerprint density at radius 3 is 3.00 bits per heavy atom. The van der Waals surface area contributed by atoms with E-state index in [0.29, 0.717) is 0 Å². The molecule has 2 aromatic heterocycles. The predicted molar refractivity (Wildman–Crippen MR) is 83.0 cm³/mol. The molecule has 0 fully saturated rings. The molecule has 0 aliphatic heterocycles. The maximum atomic E-state index is 11.8. The van der Waals surface area contributed by atoms with Gasteiger partial charge in [-0.25, -0.2) is 4.98 Å². The third-order valence-corrected chi connectivity index (χ3v) is 3.13. The van der Waals surface area contributed by atoms with Gasteiger partial charge in [-0.2, -0.15) is 0 Å². The number of pyridine rings is 1. The summed E-state index contributed by atoms with van der Waals surface area (Å²) in [7, 11) is 0. The van der Waals surface area contributed by atoms with Crippen molar-refractivity contribution in [1.82, 2.24) is 14.9 Å². The molecule has 2 aromatic rings. The summed E-state index contributed by atoms with van der Waals surface area (Å²) >= 11 is 0. The van der Waals surface area contributed by atoms with Crippen LogP contribution < -0.4 is 5.32 Å². The largest absolute Gasteiger partial charge is 0.462 e. The second-order valence-electron chi connectivity index (χ2n) is 5.37. The van der Waals surface area contributed by atoms with Gasteiger partial charge < -0.3 is 14.6 Å². The van der Waals surface area contributed by atoms with Crippen LogP contribution in [0.5, 0.6) is 0 Å². The van der Waals surface area contributed by atoms with Gasteiger partial charge in [-0.1, -0.05) is 6.92 Å². The quantitative estimate of drug-likeness (QED) is 0.628. The van der Waals surface area contributed by atoms with E-state index in [9.17, 15) is 4.79 Å². The van der Waals surface area contributed by atoms with Crippen LogP contribution in [-0.4, -0.2) is 28.2 Å². The van der Waals surface area contributed by atoms with E-state index in [2.05, 4.69) is 17.2 Å². The molecule has 0 radical (unpaired) electrons. The topological polar surface area (TPSA) is 56.2 Å². The van der Waals surface area contributed by atoms with Crippen molar-refractivity contribution >= 4 is 17.0 Å². The molecule has 5 heteroatoms. The van der Waals surface area contributed by atoms with Crippen molar-refractivity contribution in [2.75, 3.05) is 6.54 Å². The fraction of sp³-hybridized carbons (Fsp3) is 0.500. The first-order valence-electron chi connectivity index (χ1n) is 7.44. The van der Waals surface area contributed by atoms with Crippen molar-refractivity contribution in [3.8, 4) is 0 Å². The summed E-state index contributed by atoms with van der Waals surface area (Å²) in [4.78, 5) is 16.2. The smallest absolute Gasteiger partial charge is 0.326 e. The molecule has 0 aliphatic rings. The SMILES string of the molecule is CCCNCc1cn(CC(=O)OC(C)C)c2ncccc12. The number of ether oxygens (including phenoxy) is 1. The molecule has 114 valence electrons. The third kappa shape index (κ3) is 4.04. The van der Waals surface area contributed by atoms with Crippen LogP contribution in [0.4, 0.5) is 0 Å². The Balaban J connectivity index is 2.21. The van der Waals surface area contributed by atoms with Gasteiger partial charge in [0.2, 0.25) is 0 Å². The maximum Gasteiger partial charge on any atom is 0.326 e. The number of fused-ring (bicyclic) bond motifs is 1. The van der Waals surface area contributed by atoms with Gasteiger partial charge in [-0.3, -0.25) is 4.79 Å². The summed E-state index contributed by atoms with van der Waals surface area (Å²) < 4.78 is 7.07. The van der Waals surface area contributed by atoms with Crippen molar-refractivity contribution in [3.63, 3.8) is 0 Å². The lowest BCUT2D eigenvalue weighted by atomic mass is 10.2. The molecule has 1 N–H and O–H groups in total. The second-order valence-corrected chi connectivity index (χ2v) is 5.37. The number of hydrogen-bond donors (Lipinski definition) is 1. The van der Waals surface area contributed by atoms with Gasteiger partial charge in [-0.05, 0) is 44.5 Å². The zero-order valence-electron chi connectivity index (χ0n) is 12.9. The molecule has 2 rings (SSSR count). The lowest BCUT2D eigenvalue weighted by molar-refractivity contribution is -0.148. The van der Waals surface area contributed by atoms with Gasteiger partial charge in [0.25, 0.3) is 0 Å². The molecule has 0 saturated carbocycles. The molecular weight excluding hydrogens is 266 g/mol. The number of carbonyl (C=O) groups excluding carboxylic acids is 1. The molecule has 0 bridgehead atoms. The Bertz CT molecular complexity index is 605. The molecule has 0 unspecified atom stereocenters. The van der Waals surface area contributed by atoms with Crippen LogP contribution in [-0.2, 0) is 22.6 Å². The molecule has 2 heterocycles. The van der Waals surface area contributed by atoms with Crippen LogP contribution in [0.1, 0.15) is 32.8 Å². The first-order chi connectivity index (χ1) is 10.1. The summed E-state index contributed by atoms with van der Waals surface area (Å²) in [5.74, 6) is -0.236. The van der Waals surface area contributed by atoms with Crippen molar-refractivity contribution in [3.05, 3.63) is 30.1 Å². The molecule has 21 heavy (non-hydrogen) atoms. The number of aromatic nitrogens is 2. The summed E-state index contributed by atoms with van der Waals surface area (Å²) in [6, 6.07) is 3.96. The Hall–Kier alpha value is -1.88. The van der Waals surface area contributed by atoms with Crippen LogP contribution in [0.25, 0.3) is 11.0 Å². The van der Waals surface area contributed by atoms with E-state index in [1.54, 1.807) is 6.20 Å². The summed E-state index contributed by atoms with van der Waals surface area (Å²) in [5, 5.41) is 4.47. The number of esters is 1.